The Bertz CT molecular complexity index is 2660. The van der Waals surface area contributed by atoms with Crippen LogP contribution >= 0.6 is 0 Å². The number of nitrogens with zero attached hydrogens (tertiary/aromatic N) is 6. The van der Waals surface area contributed by atoms with Gasteiger partial charge in [0.05, 0.1) is 22.8 Å². The first-order valence-corrected chi connectivity index (χ1v) is 17.4. The average Bonchev–Trinajstić information content (AvgIpc) is 4.01. The summed E-state index contributed by atoms with van der Waals surface area (Å²) in [5.74, 6) is 2.68. The average molecular weight is 878 g/mol. The molecule has 0 radical (unpaired) electrons. The van der Waals surface area contributed by atoms with Crippen molar-refractivity contribution in [2.45, 2.75) is 0 Å². The number of hydrogen-bond acceptors (Lipinski definition) is 3. The van der Waals surface area contributed by atoms with E-state index in [1.54, 1.807) is 0 Å². The van der Waals surface area contributed by atoms with Gasteiger partial charge in [0.25, 0.3) is 0 Å². The minimum Gasteiger partial charge on any atom is -0.509 e. The van der Waals surface area contributed by atoms with Crippen molar-refractivity contribution in [1.82, 2.24) is 27.9 Å². The van der Waals surface area contributed by atoms with Gasteiger partial charge >= 0.3 is 21.1 Å². The van der Waals surface area contributed by atoms with Crippen LogP contribution < -0.4 is 4.74 Å². The van der Waals surface area contributed by atoms with Crippen LogP contribution in [0.2, 0.25) is 0 Å². The maximum absolute atomic E-state index is 6.57. The molecule has 0 saturated carbocycles. The summed E-state index contributed by atoms with van der Waals surface area (Å²) >= 11 is 0. The van der Waals surface area contributed by atoms with Gasteiger partial charge < -0.3 is 13.9 Å². The van der Waals surface area contributed by atoms with Crippen molar-refractivity contribution in [3.05, 3.63) is 195 Å². The van der Waals surface area contributed by atoms with Crippen molar-refractivity contribution in [3.63, 3.8) is 0 Å². The van der Waals surface area contributed by atoms with Crippen LogP contribution in [0, 0.1) is 12.1 Å². The molecule has 0 N–H and O–H groups in total. The maximum Gasteiger partial charge on any atom is 2.00 e. The molecule has 0 saturated heterocycles. The molecule has 6 aromatic carbocycles. The van der Waals surface area contributed by atoms with E-state index in [0.29, 0.717) is 11.5 Å². The van der Waals surface area contributed by atoms with E-state index in [1.165, 1.54) is 0 Å². The molecule has 10 rings (SSSR count). The number of imidazole rings is 4. The zero-order valence-electron chi connectivity index (χ0n) is 28.7. The predicted molar refractivity (Wildman–Crippen MR) is 209 cm³/mol. The summed E-state index contributed by atoms with van der Waals surface area (Å²) in [4.78, 5) is 9.62. The van der Waals surface area contributed by atoms with Gasteiger partial charge in [0.15, 0.2) is 0 Å². The molecule has 10 aromatic rings. The van der Waals surface area contributed by atoms with Crippen molar-refractivity contribution in [3.8, 4) is 67.9 Å². The van der Waals surface area contributed by atoms with E-state index < -0.39 is 0 Å². The maximum atomic E-state index is 6.57. The van der Waals surface area contributed by atoms with E-state index in [9.17, 15) is 0 Å². The summed E-state index contributed by atoms with van der Waals surface area (Å²) in [6.07, 6.45) is 7.68. The Labute approximate surface area is 326 Å². The molecule has 260 valence electrons. The fourth-order valence-electron chi connectivity index (χ4n) is 7.21. The van der Waals surface area contributed by atoms with Gasteiger partial charge in [-0.25, -0.2) is 9.97 Å². The fraction of sp³-hybridized carbons (Fsp3) is 0. The van der Waals surface area contributed by atoms with Gasteiger partial charge in [-0.1, -0.05) is 133 Å². The number of aromatic nitrogens is 6. The second kappa shape index (κ2) is 14.0. The van der Waals surface area contributed by atoms with Crippen molar-refractivity contribution in [2.75, 3.05) is 0 Å². The number of benzene rings is 6. The molecule has 0 bridgehead atoms. The summed E-state index contributed by atoms with van der Waals surface area (Å²) in [6.45, 7) is 0. The van der Waals surface area contributed by atoms with Gasteiger partial charge in [0.1, 0.15) is 0 Å². The Morgan fingerprint density at radius 2 is 0.741 bits per heavy atom. The quantitative estimate of drug-likeness (QED) is 0.143. The summed E-state index contributed by atoms with van der Waals surface area (Å²) in [7, 11) is 0. The van der Waals surface area contributed by atoms with Gasteiger partial charge in [-0.05, 0) is 0 Å². The van der Waals surface area contributed by atoms with Crippen LogP contribution in [0.5, 0.6) is 11.5 Å². The number of rotatable bonds is 8. The van der Waals surface area contributed by atoms with Crippen molar-refractivity contribution in [2.24, 2.45) is 0 Å². The Morgan fingerprint density at radius 3 is 1.11 bits per heavy atom. The standard InChI is InChI=1S/C46H30N6O.Pt/c1-5-15-33(16-6-1)41-43(35-19-9-3-10-20-35)51(45-47-27-29-49(41)45)37-23-13-25-39(31-37)53-40-26-14-24-38(32-40)52-44(36-21-11-4-12-22-36)42(34-17-7-2-8-18-34)50-30-28-48-46(50)52;/h1-30H;/q-2;+2. The Balaban J connectivity index is 0.00000384. The Hall–Kier alpha value is -6.69. The molecule has 0 aliphatic rings. The topological polar surface area (TPSA) is 53.7 Å². The fourth-order valence-corrected chi connectivity index (χ4v) is 7.21. The zero-order valence-corrected chi connectivity index (χ0v) is 31.0. The van der Waals surface area contributed by atoms with Crippen molar-refractivity contribution < 1.29 is 25.8 Å². The number of ether oxygens (including phenoxy) is 1. The first-order valence-electron chi connectivity index (χ1n) is 17.4. The van der Waals surface area contributed by atoms with Crippen LogP contribution in [0.3, 0.4) is 0 Å². The summed E-state index contributed by atoms with van der Waals surface area (Å²) in [5, 5.41) is 0. The van der Waals surface area contributed by atoms with E-state index in [2.05, 4.69) is 127 Å². The zero-order chi connectivity index (χ0) is 35.1. The van der Waals surface area contributed by atoms with Gasteiger partial charge in [0, 0.05) is 58.5 Å². The minimum atomic E-state index is 0. The second-order valence-corrected chi connectivity index (χ2v) is 12.6. The molecular formula is C46H30N6OPt. The van der Waals surface area contributed by atoms with Crippen molar-refractivity contribution in [1.29, 1.82) is 0 Å². The van der Waals surface area contributed by atoms with E-state index in [-0.39, 0.29) is 21.1 Å². The molecular weight excluding hydrogens is 848 g/mol. The molecule has 4 aromatic heterocycles. The van der Waals surface area contributed by atoms with Crippen LogP contribution in [0.1, 0.15) is 0 Å². The molecule has 0 amide bonds. The van der Waals surface area contributed by atoms with E-state index >= 15 is 0 Å². The van der Waals surface area contributed by atoms with Crippen LogP contribution in [0.4, 0.5) is 0 Å². The largest absolute Gasteiger partial charge is 2.00 e. The Kier molecular flexibility index (Phi) is 8.62. The SMILES string of the molecule is [Pt+2].[c-]1c(Oc2[c-]c(-n3c(-c4ccccc4)c(-c4ccccc4)n4ccnc34)ccc2)cccc1-n1c(-c2ccccc2)c(-c2ccccc2)n2ccnc12. The predicted octanol–water partition coefficient (Wildman–Crippen LogP) is 10.6. The van der Waals surface area contributed by atoms with Gasteiger partial charge in [0.2, 0.25) is 11.6 Å². The number of hydrogen-bond donors (Lipinski definition) is 0. The third-order valence-electron chi connectivity index (χ3n) is 9.42. The molecule has 0 atom stereocenters. The third-order valence-corrected chi connectivity index (χ3v) is 9.42. The molecule has 0 fully saturated rings. The molecule has 0 unspecified atom stereocenters. The van der Waals surface area contributed by atoms with Gasteiger partial charge in [-0.2, -0.15) is 12.1 Å². The molecule has 0 spiro atoms. The first kappa shape index (κ1) is 33.2. The minimum absolute atomic E-state index is 0. The van der Waals surface area contributed by atoms with E-state index in [0.717, 1.165) is 68.0 Å². The second-order valence-electron chi connectivity index (χ2n) is 12.6. The van der Waals surface area contributed by atoms with Gasteiger partial charge in [-0.3, -0.25) is 8.80 Å². The van der Waals surface area contributed by atoms with Crippen LogP contribution in [0.15, 0.2) is 183 Å². The third kappa shape index (κ3) is 5.66. The van der Waals surface area contributed by atoms with Crippen LogP contribution in [0.25, 0.3) is 68.0 Å². The molecule has 0 aliphatic heterocycles. The summed E-state index contributed by atoms with van der Waals surface area (Å²) < 4.78 is 15.1. The van der Waals surface area contributed by atoms with Crippen molar-refractivity contribution >= 4 is 11.6 Å². The molecule has 0 aliphatic carbocycles. The smallest absolute Gasteiger partial charge is 0.509 e. The van der Waals surface area contributed by atoms with Crippen LogP contribution in [-0.2, 0) is 21.1 Å². The van der Waals surface area contributed by atoms with E-state index in [4.69, 9.17) is 14.7 Å². The summed E-state index contributed by atoms with van der Waals surface area (Å²) in [6, 6.07) is 60.7. The summed E-state index contributed by atoms with van der Waals surface area (Å²) in [5.41, 5.74) is 10.1. The Morgan fingerprint density at radius 1 is 0.389 bits per heavy atom. The molecule has 4 heterocycles. The molecule has 7 nitrogen and oxygen atoms in total. The molecule has 8 heteroatoms. The molecule has 54 heavy (non-hydrogen) atoms. The van der Waals surface area contributed by atoms with E-state index in [1.807, 2.05) is 85.5 Å². The normalized spacial score (nSPS) is 11.2. The van der Waals surface area contributed by atoms with Crippen LogP contribution in [-0.4, -0.2) is 27.9 Å². The first-order chi connectivity index (χ1) is 26.3. The monoisotopic (exact) mass is 877 g/mol. The van der Waals surface area contributed by atoms with Gasteiger partial charge in [-0.15, -0.1) is 36.4 Å². The number of fused-ring (bicyclic) bond motifs is 2.